The largest absolute Gasteiger partial charge is 0.508 e. The summed E-state index contributed by atoms with van der Waals surface area (Å²) in [5, 5.41) is 22.2. The third kappa shape index (κ3) is 4.38. The van der Waals surface area contributed by atoms with Crippen molar-refractivity contribution < 1.29 is 14.6 Å². The van der Waals surface area contributed by atoms with Gasteiger partial charge < -0.3 is 15.5 Å². The minimum atomic E-state index is -0.543. The highest BCUT2D eigenvalue weighted by atomic mass is 35.5. The summed E-state index contributed by atoms with van der Waals surface area (Å²) in [6, 6.07) is 3.87. The van der Waals surface area contributed by atoms with Crippen LogP contribution in [0.2, 0.25) is 0 Å². The van der Waals surface area contributed by atoms with Crippen molar-refractivity contribution in [1.82, 2.24) is 10.2 Å². The standard InChI is InChI=1S/C12H17FN2O2.2ClH/c13-8-11(15-5-3-14-4-6-15)10-2-1-9(16)7-12(10)17;;/h1-2,7,11,14,16-17H,3-6,8H2;2*1H/t11-;;/m1../s1. The molecular formula is C12H19Cl2FN2O2. The minimum Gasteiger partial charge on any atom is -0.508 e. The van der Waals surface area contributed by atoms with Crippen molar-refractivity contribution >= 4 is 24.8 Å². The predicted molar refractivity (Wildman–Crippen MR) is 77.4 cm³/mol. The van der Waals surface area contributed by atoms with E-state index in [1.54, 1.807) is 6.07 Å². The number of rotatable bonds is 3. The average Bonchev–Trinajstić information content (AvgIpc) is 2.34. The number of halogens is 3. The number of nitrogens with zero attached hydrogens (tertiary/aromatic N) is 1. The fourth-order valence-electron chi connectivity index (χ4n) is 2.19. The van der Waals surface area contributed by atoms with Gasteiger partial charge in [-0.1, -0.05) is 0 Å². The number of phenols is 2. The maximum Gasteiger partial charge on any atom is 0.124 e. The van der Waals surface area contributed by atoms with Crippen LogP contribution >= 0.6 is 24.8 Å². The van der Waals surface area contributed by atoms with E-state index in [4.69, 9.17) is 0 Å². The summed E-state index contributed by atoms with van der Waals surface area (Å²) in [6.45, 7) is 2.63. The molecule has 3 N–H and O–H groups in total. The molecule has 0 saturated carbocycles. The summed E-state index contributed by atoms with van der Waals surface area (Å²) >= 11 is 0. The van der Waals surface area contributed by atoms with Gasteiger partial charge in [0.05, 0.1) is 6.04 Å². The number of alkyl halides is 1. The molecule has 2 rings (SSSR count). The van der Waals surface area contributed by atoms with Gasteiger partial charge in [0, 0.05) is 37.8 Å². The van der Waals surface area contributed by atoms with Crippen LogP contribution < -0.4 is 5.32 Å². The summed E-state index contributed by atoms with van der Waals surface area (Å²) in [4.78, 5) is 2.00. The zero-order chi connectivity index (χ0) is 12.3. The van der Waals surface area contributed by atoms with Crippen molar-refractivity contribution in [3.05, 3.63) is 23.8 Å². The van der Waals surface area contributed by atoms with Gasteiger partial charge in [-0.05, 0) is 12.1 Å². The van der Waals surface area contributed by atoms with E-state index in [0.717, 1.165) is 26.2 Å². The van der Waals surface area contributed by atoms with Crippen molar-refractivity contribution in [2.24, 2.45) is 0 Å². The highest BCUT2D eigenvalue weighted by Crippen LogP contribution is 2.31. The lowest BCUT2D eigenvalue weighted by molar-refractivity contribution is 0.145. The first-order valence-corrected chi connectivity index (χ1v) is 5.75. The molecule has 1 atom stereocenters. The van der Waals surface area contributed by atoms with Crippen LogP contribution in [0.1, 0.15) is 11.6 Å². The molecule has 0 aromatic heterocycles. The highest BCUT2D eigenvalue weighted by Gasteiger charge is 2.24. The third-order valence-electron chi connectivity index (χ3n) is 3.11. The maximum atomic E-state index is 13.2. The first kappa shape index (κ1) is 18.2. The van der Waals surface area contributed by atoms with E-state index in [1.807, 2.05) is 4.90 Å². The number of nitrogens with one attached hydrogen (secondary N) is 1. The highest BCUT2D eigenvalue weighted by molar-refractivity contribution is 5.85. The molecule has 4 nitrogen and oxygen atoms in total. The third-order valence-corrected chi connectivity index (χ3v) is 3.11. The van der Waals surface area contributed by atoms with E-state index < -0.39 is 12.7 Å². The van der Waals surface area contributed by atoms with Gasteiger partial charge in [0.15, 0.2) is 0 Å². The van der Waals surface area contributed by atoms with Crippen molar-refractivity contribution in [3.8, 4) is 11.5 Å². The van der Waals surface area contributed by atoms with Crippen molar-refractivity contribution in [3.63, 3.8) is 0 Å². The molecule has 1 aliphatic rings. The van der Waals surface area contributed by atoms with Gasteiger partial charge in [-0.3, -0.25) is 4.90 Å². The van der Waals surface area contributed by atoms with E-state index in [2.05, 4.69) is 5.32 Å². The van der Waals surface area contributed by atoms with Crippen LogP contribution in [-0.2, 0) is 0 Å². The topological polar surface area (TPSA) is 55.7 Å². The van der Waals surface area contributed by atoms with Gasteiger partial charge >= 0.3 is 0 Å². The summed E-state index contributed by atoms with van der Waals surface area (Å²) in [5.74, 6) is -0.0599. The average molecular weight is 313 g/mol. The smallest absolute Gasteiger partial charge is 0.124 e. The number of hydrogen-bond donors (Lipinski definition) is 3. The summed E-state index contributed by atoms with van der Waals surface area (Å²) in [6.07, 6.45) is 0. The summed E-state index contributed by atoms with van der Waals surface area (Å²) in [5.41, 5.74) is 0.534. The minimum absolute atomic E-state index is 0. The zero-order valence-electron chi connectivity index (χ0n) is 10.4. The molecule has 0 bridgehead atoms. The van der Waals surface area contributed by atoms with E-state index in [-0.39, 0.29) is 36.3 Å². The van der Waals surface area contributed by atoms with Crippen molar-refractivity contribution in [1.29, 1.82) is 0 Å². The lowest BCUT2D eigenvalue weighted by Gasteiger charge is -2.33. The maximum absolute atomic E-state index is 13.2. The van der Waals surface area contributed by atoms with E-state index >= 15 is 0 Å². The molecule has 0 amide bonds. The molecule has 0 spiro atoms. The Morgan fingerprint density at radius 3 is 2.37 bits per heavy atom. The Kier molecular flexibility index (Phi) is 8.09. The Morgan fingerprint density at radius 1 is 1.21 bits per heavy atom. The Morgan fingerprint density at radius 2 is 1.84 bits per heavy atom. The van der Waals surface area contributed by atoms with E-state index in [1.165, 1.54) is 12.1 Å². The summed E-state index contributed by atoms with van der Waals surface area (Å²) < 4.78 is 13.2. The molecule has 1 fully saturated rings. The van der Waals surface area contributed by atoms with Crippen LogP contribution in [0.3, 0.4) is 0 Å². The predicted octanol–water partition coefficient (Wildman–Crippen LogP) is 1.86. The molecule has 1 saturated heterocycles. The van der Waals surface area contributed by atoms with Crippen LogP contribution in [-0.4, -0.2) is 48.0 Å². The van der Waals surface area contributed by atoms with Gasteiger partial charge in [-0.25, -0.2) is 4.39 Å². The van der Waals surface area contributed by atoms with Gasteiger partial charge in [0.2, 0.25) is 0 Å². The molecular weight excluding hydrogens is 294 g/mol. The first-order valence-electron chi connectivity index (χ1n) is 5.75. The fraction of sp³-hybridized carbons (Fsp3) is 0.500. The second kappa shape index (κ2) is 8.43. The van der Waals surface area contributed by atoms with E-state index in [0.29, 0.717) is 5.56 Å². The van der Waals surface area contributed by atoms with Crippen LogP contribution in [0.15, 0.2) is 18.2 Å². The van der Waals surface area contributed by atoms with Gasteiger partial charge in [-0.2, -0.15) is 0 Å². The Labute approximate surface area is 124 Å². The van der Waals surface area contributed by atoms with Gasteiger partial charge in [-0.15, -0.1) is 24.8 Å². The van der Waals surface area contributed by atoms with E-state index in [9.17, 15) is 14.6 Å². The Bertz CT molecular complexity index is 390. The second-order valence-corrected chi connectivity index (χ2v) is 4.20. The normalized spacial score (nSPS) is 17.1. The molecule has 110 valence electrons. The number of benzene rings is 1. The second-order valence-electron chi connectivity index (χ2n) is 4.20. The number of piperazine rings is 1. The molecule has 1 aliphatic heterocycles. The first-order chi connectivity index (χ1) is 8.22. The SMILES string of the molecule is Cl.Cl.Oc1ccc([C@@H](CF)N2CCNCC2)c(O)c1. The van der Waals surface area contributed by atoms with Gasteiger partial charge in [0.25, 0.3) is 0 Å². The lowest BCUT2D eigenvalue weighted by Crippen LogP contribution is -2.45. The Balaban J connectivity index is 0.00000162. The molecule has 0 radical (unpaired) electrons. The van der Waals surface area contributed by atoms with Crippen molar-refractivity contribution in [2.45, 2.75) is 6.04 Å². The molecule has 1 heterocycles. The number of hydrogen-bond acceptors (Lipinski definition) is 4. The molecule has 19 heavy (non-hydrogen) atoms. The lowest BCUT2D eigenvalue weighted by atomic mass is 10.0. The van der Waals surface area contributed by atoms with Gasteiger partial charge in [0.1, 0.15) is 18.2 Å². The fourth-order valence-corrected chi connectivity index (χ4v) is 2.19. The quantitative estimate of drug-likeness (QED) is 0.797. The van der Waals surface area contributed by atoms with Crippen molar-refractivity contribution in [2.75, 3.05) is 32.9 Å². The number of phenolic OH excluding ortho intramolecular Hbond substituents is 2. The Hall–Kier alpha value is -0.750. The molecule has 1 aromatic rings. The van der Waals surface area contributed by atoms with Crippen LogP contribution in [0, 0.1) is 0 Å². The number of aromatic hydroxyl groups is 2. The zero-order valence-corrected chi connectivity index (χ0v) is 12.0. The summed E-state index contributed by atoms with van der Waals surface area (Å²) in [7, 11) is 0. The monoisotopic (exact) mass is 312 g/mol. The molecule has 0 unspecified atom stereocenters. The van der Waals surface area contributed by atoms with Crippen LogP contribution in [0.4, 0.5) is 4.39 Å². The molecule has 7 heteroatoms. The van der Waals surface area contributed by atoms with Crippen LogP contribution in [0.25, 0.3) is 0 Å². The molecule has 0 aliphatic carbocycles. The molecule has 1 aromatic carbocycles. The van der Waals surface area contributed by atoms with Crippen LogP contribution in [0.5, 0.6) is 11.5 Å².